The number of benzene rings is 1. The fraction of sp³-hybridized carbons (Fsp3) is 0.650. The van der Waals surface area contributed by atoms with E-state index in [-0.39, 0.29) is 5.04 Å². The summed E-state index contributed by atoms with van der Waals surface area (Å²) in [6.07, 6.45) is 2.50. The molecule has 134 valence electrons. The Morgan fingerprint density at radius 3 is 2.21 bits per heavy atom. The minimum Gasteiger partial charge on any atom is -0.543 e. The number of hydrogen-bond donors (Lipinski definition) is 0. The van der Waals surface area contributed by atoms with Gasteiger partial charge in [0.25, 0.3) is 8.32 Å². The Bertz CT molecular complexity index is 671. The van der Waals surface area contributed by atoms with Crippen LogP contribution in [0.3, 0.4) is 0 Å². The molecule has 0 fully saturated rings. The first kappa shape index (κ1) is 19.0. The number of rotatable bonds is 3. The molecule has 0 radical (unpaired) electrons. The molecule has 0 N–H and O–H groups in total. The van der Waals surface area contributed by atoms with E-state index in [4.69, 9.17) is 9.16 Å². The summed E-state index contributed by atoms with van der Waals surface area (Å²) < 4.78 is 12.8. The van der Waals surface area contributed by atoms with Crippen LogP contribution in [-0.2, 0) is 11.2 Å². The maximum absolute atomic E-state index is 11.4. The van der Waals surface area contributed by atoms with E-state index in [1.54, 1.807) is 0 Å². The minimum atomic E-state index is -1.91. The highest BCUT2D eigenvalue weighted by atomic mass is 28.4. The smallest absolute Gasteiger partial charge is 0.250 e. The highest BCUT2D eigenvalue weighted by Crippen LogP contribution is 2.46. The first-order valence-corrected chi connectivity index (χ1v) is 11.7. The predicted octanol–water partition coefficient (Wildman–Crippen LogP) is 5.28. The Kier molecular flexibility index (Phi) is 4.68. The molecule has 2 rings (SSSR count). The molecular formula is C20H32O3Si. The van der Waals surface area contributed by atoms with Gasteiger partial charge < -0.3 is 9.16 Å². The van der Waals surface area contributed by atoms with Crippen LogP contribution in [-0.4, -0.2) is 20.2 Å². The number of fused-ring (bicyclic) bond motifs is 1. The van der Waals surface area contributed by atoms with E-state index in [9.17, 15) is 4.79 Å². The molecule has 0 unspecified atom stereocenters. The Balaban J connectivity index is 2.55. The summed E-state index contributed by atoms with van der Waals surface area (Å²) in [5, 5.41) is 0.155. The summed E-state index contributed by atoms with van der Waals surface area (Å²) in [4.78, 5) is 11.4. The molecule has 24 heavy (non-hydrogen) atoms. The molecule has 1 aromatic carbocycles. The van der Waals surface area contributed by atoms with E-state index in [0.29, 0.717) is 6.42 Å². The Hall–Kier alpha value is -1.29. The van der Waals surface area contributed by atoms with E-state index in [0.717, 1.165) is 35.3 Å². The van der Waals surface area contributed by atoms with Crippen molar-refractivity contribution in [3.8, 4) is 11.5 Å². The molecule has 3 nitrogen and oxygen atoms in total. The molecule has 0 amide bonds. The van der Waals surface area contributed by atoms with E-state index >= 15 is 0 Å². The zero-order valence-corrected chi connectivity index (χ0v) is 17.7. The lowest BCUT2D eigenvalue weighted by Gasteiger charge is -2.39. The molecule has 0 saturated heterocycles. The number of carbonyl (C=O) groups is 1. The summed E-state index contributed by atoms with van der Waals surface area (Å²) in [7, 11) is -1.91. The summed E-state index contributed by atoms with van der Waals surface area (Å²) in [6.45, 7) is 19.5. The zero-order chi connectivity index (χ0) is 18.5. The van der Waals surface area contributed by atoms with Crippen molar-refractivity contribution in [3.63, 3.8) is 0 Å². The van der Waals surface area contributed by atoms with Gasteiger partial charge in [0.15, 0.2) is 11.9 Å². The molecule has 1 aromatic rings. The number of hydrogen-bond acceptors (Lipinski definition) is 3. The van der Waals surface area contributed by atoms with Crippen molar-refractivity contribution < 1.29 is 14.0 Å². The zero-order valence-electron chi connectivity index (χ0n) is 16.7. The Morgan fingerprint density at radius 1 is 1.12 bits per heavy atom. The largest absolute Gasteiger partial charge is 0.543 e. The molecule has 0 saturated carbocycles. The Labute approximate surface area is 147 Å². The molecule has 1 aliphatic heterocycles. The second-order valence-corrected chi connectivity index (χ2v) is 13.6. The number of aldehydes is 1. The van der Waals surface area contributed by atoms with Gasteiger partial charge in [0.2, 0.25) is 0 Å². The number of carbonyl (C=O) groups excluding carboxylic acids is 1. The van der Waals surface area contributed by atoms with Crippen LogP contribution in [0.4, 0.5) is 0 Å². The molecule has 0 spiro atoms. The van der Waals surface area contributed by atoms with Gasteiger partial charge >= 0.3 is 0 Å². The summed E-state index contributed by atoms with van der Waals surface area (Å²) in [5.41, 5.74) is 3.89. The molecule has 0 aromatic heterocycles. The van der Waals surface area contributed by atoms with Gasteiger partial charge in [-0.15, -0.1) is 0 Å². The monoisotopic (exact) mass is 348 g/mol. The van der Waals surface area contributed by atoms with Gasteiger partial charge in [-0.1, -0.05) is 20.8 Å². The van der Waals surface area contributed by atoms with Gasteiger partial charge in [-0.05, 0) is 75.4 Å². The lowest BCUT2D eigenvalue weighted by Crippen LogP contribution is -2.44. The third-order valence-electron chi connectivity index (χ3n) is 5.93. The van der Waals surface area contributed by atoms with E-state index in [1.807, 2.05) is 6.92 Å². The van der Waals surface area contributed by atoms with Crippen molar-refractivity contribution in [1.29, 1.82) is 0 Å². The third-order valence-corrected chi connectivity index (χ3v) is 10.3. The standard InChI is InChI=1S/C20H32O3Si/c1-13-14(2)18-16(10-11-20(7,12-21)22-18)15(3)17(13)23-24(8,9)19(4,5)6/h12H,10-11H2,1-9H3/t20-/m1/s1. The van der Waals surface area contributed by atoms with Crippen molar-refractivity contribution in [2.45, 2.75) is 85.0 Å². The van der Waals surface area contributed by atoms with Crippen molar-refractivity contribution in [2.75, 3.05) is 0 Å². The summed E-state index contributed by atoms with van der Waals surface area (Å²) in [5.74, 6) is 1.91. The lowest BCUT2D eigenvalue weighted by molar-refractivity contribution is -0.121. The van der Waals surface area contributed by atoms with E-state index in [1.165, 1.54) is 11.1 Å². The maximum Gasteiger partial charge on any atom is 0.250 e. The molecule has 1 atom stereocenters. The molecule has 4 heteroatoms. The molecule has 0 bridgehead atoms. The van der Waals surface area contributed by atoms with Crippen LogP contribution in [0.25, 0.3) is 0 Å². The highest BCUT2D eigenvalue weighted by molar-refractivity contribution is 6.74. The SMILES string of the molecule is Cc1c(C)c2c(c(C)c1O[Si](C)(C)C(C)(C)C)CC[C@](C)(C=O)O2. The van der Waals surface area contributed by atoms with Gasteiger partial charge in [-0.3, -0.25) is 4.79 Å². The maximum atomic E-state index is 11.4. The van der Waals surface area contributed by atoms with E-state index < -0.39 is 13.9 Å². The molecule has 0 aliphatic carbocycles. The van der Waals surface area contributed by atoms with Crippen molar-refractivity contribution in [1.82, 2.24) is 0 Å². The normalized spacial score (nSPS) is 21.0. The van der Waals surface area contributed by atoms with Gasteiger partial charge in [0.1, 0.15) is 11.5 Å². The second kappa shape index (κ2) is 5.90. The van der Waals surface area contributed by atoms with Crippen molar-refractivity contribution in [3.05, 3.63) is 22.3 Å². The van der Waals surface area contributed by atoms with Crippen LogP contribution in [0.5, 0.6) is 11.5 Å². The first-order valence-electron chi connectivity index (χ1n) is 8.80. The predicted molar refractivity (Wildman–Crippen MR) is 102 cm³/mol. The van der Waals surface area contributed by atoms with E-state index in [2.05, 4.69) is 54.6 Å². The van der Waals surface area contributed by atoms with Crippen LogP contribution in [0.15, 0.2) is 0 Å². The van der Waals surface area contributed by atoms with Crippen LogP contribution in [0, 0.1) is 20.8 Å². The quantitative estimate of drug-likeness (QED) is 0.551. The van der Waals surface area contributed by atoms with Gasteiger partial charge in [0.05, 0.1) is 0 Å². The Morgan fingerprint density at radius 2 is 1.71 bits per heavy atom. The summed E-state index contributed by atoms with van der Waals surface area (Å²) in [6, 6.07) is 0. The fourth-order valence-electron chi connectivity index (χ4n) is 2.90. The topological polar surface area (TPSA) is 35.5 Å². The average Bonchev–Trinajstić information content (AvgIpc) is 2.48. The van der Waals surface area contributed by atoms with Crippen LogP contribution >= 0.6 is 0 Å². The molecule has 1 aliphatic rings. The lowest BCUT2D eigenvalue weighted by atomic mass is 9.88. The number of ether oxygens (including phenoxy) is 1. The van der Waals surface area contributed by atoms with Gasteiger partial charge in [-0.25, -0.2) is 0 Å². The van der Waals surface area contributed by atoms with Crippen LogP contribution < -0.4 is 9.16 Å². The van der Waals surface area contributed by atoms with Crippen molar-refractivity contribution >= 4 is 14.6 Å². The average molecular weight is 349 g/mol. The molecular weight excluding hydrogens is 316 g/mol. The highest BCUT2D eigenvalue weighted by Gasteiger charge is 2.41. The second-order valence-electron chi connectivity index (χ2n) is 8.91. The first-order chi connectivity index (χ1) is 10.8. The third kappa shape index (κ3) is 3.13. The van der Waals surface area contributed by atoms with Crippen LogP contribution in [0.1, 0.15) is 56.4 Å². The van der Waals surface area contributed by atoms with Gasteiger partial charge in [-0.2, -0.15) is 0 Å². The minimum absolute atomic E-state index is 0.155. The van der Waals surface area contributed by atoms with Crippen LogP contribution in [0.2, 0.25) is 18.1 Å². The fourth-order valence-corrected chi connectivity index (χ4v) is 4.02. The summed E-state index contributed by atoms with van der Waals surface area (Å²) >= 11 is 0. The van der Waals surface area contributed by atoms with Crippen molar-refractivity contribution in [2.24, 2.45) is 0 Å². The molecule has 1 heterocycles. The van der Waals surface area contributed by atoms with Gasteiger partial charge in [0, 0.05) is 5.56 Å².